The summed E-state index contributed by atoms with van der Waals surface area (Å²) >= 11 is 3.16. The molecule has 7 heteroatoms. The number of rotatable bonds is 5. The zero-order valence-corrected chi connectivity index (χ0v) is 15.0. The van der Waals surface area contributed by atoms with E-state index in [1.54, 1.807) is 31.2 Å². The van der Waals surface area contributed by atoms with Gasteiger partial charge >= 0.3 is 16.1 Å². The van der Waals surface area contributed by atoms with Crippen molar-refractivity contribution in [1.29, 1.82) is 0 Å². The number of halogens is 1. The molecular formula is C16H15BrO5S. The molecule has 0 aliphatic carbocycles. The molecule has 0 heterocycles. The van der Waals surface area contributed by atoms with Crippen LogP contribution < -0.4 is 4.18 Å². The lowest BCUT2D eigenvalue weighted by molar-refractivity contribution is 0.0526. The van der Waals surface area contributed by atoms with Crippen LogP contribution in [0.4, 0.5) is 0 Å². The molecule has 0 aliphatic rings. The summed E-state index contributed by atoms with van der Waals surface area (Å²) < 4.78 is 34.9. The maximum absolute atomic E-state index is 12.3. The Hall–Kier alpha value is -1.86. The van der Waals surface area contributed by atoms with Gasteiger partial charge in [0.2, 0.25) is 0 Å². The molecule has 0 unspecified atom stereocenters. The lowest BCUT2D eigenvalue weighted by atomic mass is 10.2. The van der Waals surface area contributed by atoms with E-state index < -0.39 is 16.1 Å². The number of esters is 1. The second kappa shape index (κ2) is 7.14. The maximum Gasteiger partial charge on any atom is 0.340 e. The highest BCUT2D eigenvalue weighted by atomic mass is 79.9. The molecule has 0 aromatic heterocycles. The number of aryl methyl sites for hydroxylation is 1. The Kier molecular flexibility index (Phi) is 5.43. The van der Waals surface area contributed by atoms with Gasteiger partial charge in [-0.3, -0.25) is 0 Å². The van der Waals surface area contributed by atoms with Crippen LogP contribution in [0, 0.1) is 6.92 Å². The molecule has 2 aromatic carbocycles. The molecule has 0 saturated heterocycles. The molecule has 0 spiro atoms. The fourth-order valence-electron chi connectivity index (χ4n) is 1.81. The van der Waals surface area contributed by atoms with Crippen LogP contribution in [-0.4, -0.2) is 21.0 Å². The molecule has 2 rings (SSSR count). The zero-order valence-electron chi connectivity index (χ0n) is 12.6. The van der Waals surface area contributed by atoms with E-state index in [0.717, 1.165) is 5.56 Å². The first kappa shape index (κ1) is 17.5. The first-order valence-electron chi connectivity index (χ1n) is 6.81. The number of benzene rings is 2. The van der Waals surface area contributed by atoms with Crippen LogP contribution in [0.1, 0.15) is 22.8 Å². The monoisotopic (exact) mass is 398 g/mol. The van der Waals surface area contributed by atoms with Crippen molar-refractivity contribution in [1.82, 2.24) is 0 Å². The summed E-state index contributed by atoms with van der Waals surface area (Å²) in [6.07, 6.45) is 0. The molecule has 0 bridgehead atoms. The van der Waals surface area contributed by atoms with Gasteiger partial charge in [-0.15, -0.1) is 0 Å². The van der Waals surface area contributed by atoms with Crippen LogP contribution in [0.25, 0.3) is 0 Å². The van der Waals surface area contributed by atoms with E-state index in [1.807, 2.05) is 6.92 Å². The van der Waals surface area contributed by atoms with E-state index in [4.69, 9.17) is 8.92 Å². The molecule has 0 N–H and O–H groups in total. The van der Waals surface area contributed by atoms with Gasteiger partial charge in [0.05, 0.1) is 12.2 Å². The van der Waals surface area contributed by atoms with Crippen molar-refractivity contribution < 1.29 is 22.1 Å². The highest BCUT2D eigenvalue weighted by Gasteiger charge is 2.21. The molecule has 0 amide bonds. The van der Waals surface area contributed by atoms with Gasteiger partial charge in [-0.05, 0) is 60.1 Å². The van der Waals surface area contributed by atoms with E-state index in [0.29, 0.717) is 0 Å². The second-order valence-corrected chi connectivity index (χ2v) is 7.09. The number of hydrogen-bond donors (Lipinski definition) is 0. The van der Waals surface area contributed by atoms with E-state index in [1.165, 1.54) is 18.2 Å². The average molecular weight is 399 g/mol. The Morgan fingerprint density at radius 3 is 2.35 bits per heavy atom. The van der Waals surface area contributed by atoms with Crippen molar-refractivity contribution in [2.24, 2.45) is 0 Å². The van der Waals surface area contributed by atoms with Crippen LogP contribution in [0.15, 0.2) is 51.8 Å². The third-order valence-corrected chi connectivity index (χ3v) is 5.16. The Morgan fingerprint density at radius 1 is 1.13 bits per heavy atom. The molecule has 5 nitrogen and oxygen atoms in total. The summed E-state index contributed by atoms with van der Waals surface area (Å²) in [5.41, 5.74) is 1.25. The van der Waals surface area contributed by atoms with Gasteiger partial charge in [0.1, 0.15) is 10.6 Å². The summed E-state index contributed by atoms with van der Waals surface area (Å²) in [7, 11) is -4.01. The summed E-state index contributed by atoms with van der Waals surface area (Å²) in [6.45, 7) is 3.83. The van der Waals surface area contributed by atoms with Crippen LogP contribution >= 0.6 is 15.9 Å². The average Bonchev–Trinajstić information content (AvgIpc) is 2.49. The largest absolute Gasteiger partial charge is 0.462 e. The van der Waals surface area contributed by atoms with Crippen molar-refractivity contribution in [3.63, 3.8) is 0 Å². The first-order chi connectivity index (χ1) is 10.8. The summed E-state index contributed by atoms with van der Waals surface area (Å²) in [5.74, 6) is -0.298. The van der Waals surface area contributed by atoms with Gasteiger partial charge in [-0.25, -0.2) is 4.79 Å². The predicted molar refractivity (Wildman–Crippen MR) is 89.1 cm³/mol. The number of ether oxygens (including phenoxy) is 1. The molecule has 0 fully saturated rings. The van der Waals surface area contributed by atoms with E-state index in [9.17, 15) is 13.2 Å². The molecule has 0 saturated carbocycles. The van der Waals surface area contributed by atoms with E-state index in [2.05, 4.69) is 15.9 Å². The lowest BCUT2D eigenvalue weighted by Crippen LogP contribution is -2.12. The van der Waals surface area contributed by atoms with Gasteiger partial charge in [0, 0.05) is 4.47 Å². The molecule has 0 radical (unpaired) electrons. The Labute approximate surface area is 143 Å². The highest BCUT2D eigenvalue weighted by Crippen LogP contribution is 2.27. The van der Waals surface area contributed by atoms with Crippen molar-refractivity contribution in [2.45, 2.75) is 18.7 Å². The smallest absolute Gasteiger partial charge is 0.340 e. The van der Waals surface area contributed by atoms with E-state index >= 15 is 0 Å². The van der Waals surface area contributed by atoms with Crippen molar-refractivity contribution in [3.05, 3.63) is 58.1 Å². The summed E-state index contributed by atoms with van der Waals surface area (Å²) in [6, 6.07) is 10.7. The number of carbonyl (C=O) groups is 1. The third-order valence-electron chi connectivity index (χ3n) is 2.94. The normalized spacial score (nSPS) is 11.1. The first-order valence-corrected chi connectivity index (χ1v) is 9.01. The molecule has 0 aliphatic heterocycles. The van der Waals surface area contributed by atoms with Gasteiger partial charge in [0.15, 0.2) is 0 Å². The predicted octanol–water partition coefficient (Wildman–Crippen LogP) is 3.70. The summed E-state index contributed by atoms with van der Waals surface area (Å²) in [5, 5.41) is 0. The van der Waals surface area contributed by atoms with Crippen molar-refractivity contribution >= 4 is 32.0 Å². The second-order valence-electron chi connectivity index (χ2n) is 4.72. The third kappa shape index (κ3) is 4.33. The van der Waals surface area contributed by atoms with Crippen LogP contribution in [-0.2, 0) is 14.9 Å². The fraction of sp³-hybridized carbons (Fsp3) is 0.188. The Bertz CT molecular complexity index is 813. The number of carbonyl (C=O) groups excluding carboxylic acids is 1. The minimum Gasteiger partial charge on any atom is -0.462 e. The minimum atomic E-state index is -4.01. The van der Waals surface area contributed by atoms with Gasteiger partial charge in [-0.1, -0.05) is 17.7 Å². The minimum absolute atomic E-state index is 0.0638. The zero-order chi connectivity index (χ0) is 17.0. The summed E-state index contributed by atoms with van der Waals surface area (Å²) in [4.78, 5) is 11.6. The van der Waals surface area contributed by atoms with E-state index in [-0.39, 0.29) is 27.3 Å². The lowest BCUT2D eigenvalue weighted by Gasteiger charge is -2.10. The SMILES string of the molecule is CCOC(=O)c1ccc(S(=O)(=O)Oc2ccc(C)cc2)c(Br)c1. The standard InChI is InChI=1S/C16H15BrO5S/c1-3-21-16(18)12-6-9-15(14(17)10-12)23(19,20)22-13-7-4-11(2)5-8-13/h4-10H,3H2,1-2H3. The van der Waals surface area contributed by atoms with Crippen molar-refractivity contribution in [3.8, 4) is 5.75 Å². The molecule has 2 aromatic rings. The molecule has 122 valence electrons. The van der Waals surface area contributed by atoms with Gasteiger partial charge in [-0.2, -0.15) is 8.42 Å². The van der Waals surface area contributed by atoms with Crippen LogP contribution in [0.5, 0.6) is 5.75 Å². The maximum atomic E-state index is 12.3. The number of hydrogen-bond acceptors (Lipinski definition) is 5. The van der Waals surface area contributed by atoms with Crippen LogP contribution in [0.2, 0.25) is 0 Å². The quantitative estimate of drug-likeness (QED) is 0.567. The Morgan fingerprint density at radius 2 is 1.78 bits per heavy atom. The Balaban J connectivity index is 2.29. The highest BCUT2D eigenvalue weighted by molar-refractivity contribution is 9.10. The molecule has 0 atom stereocenters. The fourth-order valence-corrected chi connectivity index (χ4v) is 3.77. The topological polar surface area (TPSA) is 69.7 Å². The van der Waals surface area contributed by atoms with Crippen molar-refractivity contribution in [2.75, 3.05) is 6.61 Å². The molecular weight excluding hydrogens is 384 g/mol. The van der Waals surface area contributed by atoms with Gasteiger partial charge in [0.25, 0.3) is 0 Å². The molecule has 23 heavy (non-hydrogen) atoms. The van der Waals surface area contributed by atoms with Gasteiger partial charge < -0.3 is 8.92 Å². The van der Waals surface area contributed by atoms with Crippen LogP contribution in [0.3, 0.4) is 0 Å².